The van der Waals surface area contributed by atoms with Gasteiger partial charge in [-0.1, -0.05) is 48.0 Å². The summed E-state index contributed by atoms with van der Waals surface area (Å²) in [6.45, 7) is 6.02. The van der Waals surface area contributed by atoms with Crippen LogP contribution in [0, 0.1) is 6.92 Å². The first-order valence-corrected chi connectivity index (χ1v) is 8.20. The summed E-state index contributed by atoms with van der Waals surface area (Å²) in [7, 11) is 0. The highest BCUT2D eigenvalue weighted by atomic mass is 16.2. The average molecular weight is 324 g/mol. The highest BCUT2D eigenvalue weighted by Crippen LogP contribution is 2.21. The minimum Gasteiger partial charge on any atom is -0.349 e. The van der Waals surface area contributed by atoms with E-state index >= 15 is 0 Å². The SMILES string of the molecule is CCN(C(=O)CC(NC(C)=O)c1ccc(C)cc1)c1ccccc1. The van der Waals surface area contributed by atoms with Gasteiger partial charge in [-0.05, 0) is 31.5 Å². The third kappa shape index (κ3) is 4.69. The van der Waals surface area contributed by atoms with E-state index in [1.807, 2.05) is 68.4 Å². The Bertz CT molecular complexity index is 681. The maximum Gasteiger partial charge on any atom is 0.229 e. The third-order valence-corrected chi connectivity index (χ3v) is 3.92. The van der Waals surface area contributed by atoms with Crippen molar-refractivity contribution < 1.29 is 9.59 Å². The zero-order valence-corrected chi connectivity index (χ0v) is 14.5. The average Bonchev–Trinajstić information content (AvgIpc) is 2.56. The molecule has 0 bridgehead atoms. The Kier molecular flexibility index (Phi) is 6.13. The van der Waals surface area contributed by atoms with Crippen molar-refractivity contribution in [2.24, 2.45) is 0 Å². The van der Waals surface area contributed by atoms with Gasteiger partial charge in [0.2, 0.25) is 11.8 Å². The molecule has 0 heterocycles. The molecule has 0 saturated heterocycles. The molecule has 4 heteroatoms. The Labute approximate surface area is 143 Å². The second-order valence-electron chi connectivity index (χ2n) is 5.84. The summed E-state index contributed by atoms with van der Waals surface area (Å²) in [5, 5.41) is 2.89. The van der Waals surface area contributed by atoms with Crippen molar-refractivity contribution in [3.05, 3.63) is 65.7 Å². The first-order chi connectivity index (χ1) is 11.5. The van der Waals surface area contributed by atoms with E-state index in [4.69, 9.17) is 0 Å². The predicted octanol–water partition coefficient (Wildman–Crippen LogP) is 3.62. The normalized spacial score (nSPS) is 11.6. The first kappa shape index (κ1) is 17.7. The molecule has 0 spiro atoms. The zero-order chi connectivity index (χ0) is 17.5. The summed E-state index contributed by atoms with van der Waals surface area (Å²) >= 11 is 0. The Balaban J connectivity index is 2.20. The molecule has 0 aromatic heterocycles. The van der Waals surface area contributed by atoms with E-state index in [9.17, 15) is 9.59 Å². The van der Waals surface area contributed by atoms with Crippen molar-refractivity contribution >= 4 is 17.5 Å². The Hall–Kier alpha value is -2.62. The number of para-hydroxylation sites is 1. The van der Waals surface area contributed by atoms with Crippen LogP contribution in [0.4, 0.5) is 5.69 Å². The molecular weight excluding hydrogens is 300 g/mol. The summed E-state index contributed by atoms with van der Waals surface area (Å²) in [5.74, 6) is -0.154. The van der Waals surface area contributed by atoms with Crippen LogP contribution in [0.1, 0.15) is 37.4 Å². The molecule has 0 aliphatic heterocycles. The smallest absolute Gasteiger partial charge is 0.229 e. The van der Waals surface area contributed by atoms with Crippen LogP contribution in [0.5, 0.6) is 0 Å². The van der Waals surface area contributed by atoms with Gasteiger partial charge in [0, 0.05) is 19.2 Å². The van der Waals surface area contributed by atoms with Gasteiger partial charge in [0.15, 0.2) is 0 Å². The lowest BCUT2D eigenvalue weighted by Gasteiger charge is -2.25. The van der Waals surface area contributed by atoms with E-state index in [-0.39, 0.29) is 24.3 Å². The molecule has 2 amide bonds. The van der Waals surface area contributed by atoms with Crippen molar-refractivity contribution in [3.63, 3.8) is 0 Å². The van der Waals surface area contributed by atoms with Crippen molar-refractivity contribution in [1.82, 2.24) is 5.32 Å². The quantitative estimate of drug-likeness (QED) is 0.882. The number of benzene rings is 2. The molecule has 1 N–H and O–H groups in total. The monoisotopic (exact) mass is 324 g/mol. The number of carbonyl (C=O) groups excluding carboxylic acids is 2. The van der Waals surface area contributed by atoms with Crippen molar-refractivity contribution in [2.45, 2.75) is 33.2 Å². The lowest BCUT2D eigenvalue weighted by atomic mass is 10.0. The molecule has 0 radical (unpaired) electrons. The minimum absolute atomic E-state index is 0.0111. The van der Waals surface area contributed by atoms with E-state index < -0.39 is 0 Å². The molecule has 2 rings (SSSR count). The Morgan fingerprint density at radius 3 is 2.21 bits per heavy atom. The molecule has 24 heavy (non-hydrogen) atoms. The number of carbonyl (C=O) groups is 2. The van der Waals surface area contributed by atoms with Gasteiger partial charge in [0.25, 0.3) is 0 Å². The van der Waals surface area contributed by atoms with Crippen LogP contribution in [0.25, 0.3) is 0 Å². The topological polar surface area (TPSA) is 49.4 Å². The molecule has 1 unspecified atom stereocenters. The maximum atomic E-state index is 12.8. The van der Waals surface area contributed by atoms with E-state index in [1.54, 1.807) is 4.90 Å². The van der Waals surface area contributed by atoms with Crippen LogP contribution >= 0.6 is 0 Å². The van der Waals surface area contributed by atoms with E-state index in [0.29, 0.717) is 6.54 Å². The van der Waals surface area contributed by atoms with Gasteiger partial charge in [-0.2, -0.15) is 0 Å². The fraction of sp³-hybridized carbons (Fsp3) is 0.300. The fourth-order valence-electron chi connectivity index (χ4n) is 2.69. The number of rotatable bonds is 6. The Morgan fingerprint density at radius 1 is 1.04 bits per heavy atom. The summed E-state index contributed by atoms with van der Waals surface area (Å²) in [6, 6.07) is 17.2. The van der Waals surface area contributed by atoms with Crippen LogP contribution < -0.4 is 10.2 Å². The fourth-order valence-corrected chi connectivity index (χ4v) is 2.69. The largest absolute Gasteiger partial charge is 0.349 e. The standard InChI is InChI=1S/C20H24N2O2/c1-4-22(18-8-6-5-7-9-18)20(24)14-19(21-16(3)23)17-12-10-15(2)11-13-17/h5-13,19H,4,14H2,1-3H3,(H,21,23). The van der Waals surface area contributed by atoms with Gasteiger partial charge in [-0.3, -0.25) is 9.59 Å². The minimum atomic E-state index is -0.326. The van der Waals surface area contributed by atoms with E-state index in [2.05, 4.69) is 5.32 Å². The van der Waals surface area contributed by atoms with Gasteiger partial charge in [-0.25, -0.2) is 0 Å². The summed E-state index contributed by atoms with van der Waals surface area (Å²) in [5.41, 5.74) is 2.95. The number of nitrogens with zero attached hydrogens (tertiary/aromatic N) is 1. The van der Waals surface area contributed by atoms with Crippen molar-refractivity contribution in [1.29, 1.82) is 0 Å². The lowest BCUT2D eigenvalue weighted by molar-refractivity contribution is -0.121. The van der Waals surface area contributed by atoms with Gasteiger partial charge in [0.05, 0.1) is 12.5 Å². The molecule has 2 aromatic carbocycles. The van der Waals surface area contributed by atoms with E-state index in [1.165, 1.54) is 6.92 Å². The molecule has 0 aliphatic carbocycles. The summed E-state index contributed by atoms with van der Waals surface area (Å²) < 4.78 is 0. The van der Waals surface area contributed by atoms with Gasteiger partial charge in [0.1, 0.15) is 0 Å². The van der Waals surface area contributed by atoms with Crippen LogP contribution in [-0.2, 0) is 9.59 Å². The molecule has 4 nitrogen and oxygen atoms in total. The van der Waals surface area contributed by atoms with Crippen molar-refractivity contribution in [3.8, 4) is 0 Å². The van der Waals surface area contributed by atoms with E-state index in [0.717, 1.165) is 16.8 Å². The number of nitrogens with one attached hydrogen (secondary N) is 1. The van der Waals surface area contributed by atoms with Crippen LogP contribution in [0.3, 0.4) is 0 Å². The number of amides is 2. The second-order valence-corrected chi connectivity index (χ2v) is 5.84. The number of hydrogen-bond acceptors (Lipinski definition) is 2. The second kappa shape index (κ2) is 8.29. The highest BCUT2D eigenvalue weighted by molar-refractivity contribution is 5.94. The third-order valence-electron chi connectivity index (χ3n) is 3.92. The van der Waals surface area contributed by atoms with Gasteiger partial charge < -0.3 is 10.2 Å². The predicted molar refractivity (Wildman–Crippen MR) is 96.8 cm³/mol. The summed E-state index contributed by atoms with van der Waals surface area (Å²) in [4.78, 5) is 26.1. The Morgan fingerprint density at radius 2 is 1.67 bits per heavy atom. The highest BCUT2D eigenvalue weighted by Gasteiger charge is 2.21. The summed E-state index contributed by atoms with van der Waals surface area (Å²) in [6.07, 6.45) is 0.228. The molecule has 0 fully saturated rings. The molecule has 0 saturated carbocycles. The molecule has 2 aromatic rings. The zero-order valence-electron chi connectivity index (χ0n) is 14.5. The lowest BCUT2D eigenvalue weighted by Crippen LogP contribution is -2.35. The van der Waals surface area contributed by atoms with Crippen LogP contribution in [-0.4, -0.2) is 18.4 Å². The van der Waals surface area contributed by atoms with Crippen LogP contribution in [0.15, 0.2) is 54.6 Å². The van der Waals surface area contributed by atoms with Gasteiger partial charge >= 0.3 is 0 Å². The first-order valence-electron chi connectivity index (χ1n) is 8.20. The number of aryl methyl sites for hydroxylation is 1. The van der Waals surface area contributed by atoms with Crippen LogP contribution in [0.2, 0.25) is 0 Å². The van der Waals surface area contributed by atoms with Gasteiger partial charge in [-0.15, -0.1) is 0 Å². The molecule has 1 atom stereocenters. The number of anilines is 1. The maximum absolute atomic E-state index is 12.8. The van der Waals surface area contributed by atoms with Crippen molar-refractivity contribution in [2.75, 3.05) is 11.4 Å². The molecule has 0 aliphatic rings. The molecule has 126 valence electrons. The number of hydrogen-bond donors (Lipinski definition) is 1. The molecular formula is C20H24N2O2.